The summed E-state index contributed by atoms with van der Waals surface area (Å²) in [5, 5.41) is 0.578. The van der Waals surface area contributed by atoms with Crippen LogP contribution >= 0.6 is 7.80 Å². The number of carbonyl (C=O) groups excluding carboxylic acids is 1. The van der Waals surface area contributed by atoms with Crippen LogP contribution < -0.4 is 5.30 Å². The molecule has 0 fully saturated rings. The smallest absolute Gasteiger partial charge is 0.234 e. The molecule has 2 nitrogen and oxygen atoms in total. The van der Waals surface area contributed by atoms with Gasteiger partial charge in [-0.25, -0.2) is 4.79 Å². The molecule has 0 saturated carbocycles. The lowest BCUT2D eigenvalue weighted by Gasteiger charge is -1.93. The Kier molecular flexibility index (Phi) is 3.46. The first-order chi connectivity index (χ1) is 8.18. The molecule has 2 aromatic rings. The minimum absolute atomic E-state index is 0.310. The second kappa shape index (κ2) is 5.03. The van der Waals surface area contributed by atoms with Gasteiger partial charge >= 0.3 is 13.3 Å². The monoisotopic (exact) mass is 243 g/mol. The van der Waals surface area contributed by atoms with Crippen LogP contribution in [-0.2, 0) is 4.57 Å². The molecule has 0 amide bonds. The van der Waals surface area contributed by atoms with Crippen molar-refractivity contribution >= 4 is 18.6 Å². The van der Waals surface area contributed by atoms with E-state index in [1.165, 1.54) is 0 Å². The van der Waals surface area contributed by atoms with Crippen molar-refractivity contribution in [2.75, 3.05) is 0 Å². The first-order valence-electron chi connectivity index (χ1n) is 5.32. The minimum Gasteiger partial charge on any atom is -0.234 e. The largest absolute Gasteiger partial charge is 0.458 e. The lowest BCUT2D eigenvalue weighted by molar-refractivity contribution is 0.108. The molecule has 0 heterocycles. The number of carbonyl (C=O) groups is 1. The van der Waals surface area contributed by atoms with Gasteiger partial charge in [-0.2, -0.15) is 0 Å². The Morgan fingerprint density at radius 2 is 1.71 bits per heavy atom. The molecule has 2 rings (SSSR count). The molecule has 0 spiro atoms. The summed E-state index contributed by atoms with van der Waals surface area (Å²) >= 11 is 0. The summed E-state index contributed by atoms with van der Waals surface area (Å²) in [5.41, 5.74) is 1.19. The molecular weight excluding hydrogens is 231 g/mol. The fraction of sp³-hybridized carbons (Fsp3) is 0.0714. The highest BCUT2D eigenvalue weighted by atomic mass is 31.1. The molecule has 17 heavy (non-hydrogen) atoms. The minimum atomic E-state index is -2.01. The van der Waals surface area contributed by atoms with Crippen LogP contribution in [0.5, 0.6) is 0 Å². The van der Waals surface area contributed by atoms with E-state index in [1.807, 2.05) is 19.1 Å². The first-order valence-corrected chi connectivity index (χ1v) is 6.58. The fourth-order valence-electron chi connectivity index (χ4n) is 1.58. The van der Waals surface area contributed by atoms with E-state index in [0.717, 1.165) is 5.56 Å². The SMILES string of the molecule is Cc1cccc(C(=O)[P+](=O)c2ccccc2)c1. The topological polar surface area (TPSA) is 34.1 Å². The van der Waals surface area contributed by atoms with Crippen LogP contribution in [-0.4, -0.2) is 5.52 Å². The predicted molar refractivity (Wildman–Crippen MR) is 69.2 cm³/mol. The average molecular weight is 243 g/mol. The molecule has 3 heteroatoms. The van der Waals surface area contributed by atoms with Crippen LogP contribution in [0.15, 0.2) is 54.6 Å². The summed E-state index contributed by atoms with van der Waals surface area (Å²) in [6.07, 6.45) is 0. The number of hydrogen-bond donors (Lipinski definition) is 0. The molecule has 0 aliphatic heterocycles. The molecule has 0 aliphatic rings. The van der Waals surface area contributed by atoms with Crippen LogP contribution in [0.25, 0.3) is 0 Å². The third-order valence-electron chi connectivity index (χ3n) is 2.44. The lowest BCUT2D eigenvalue weighted by Crippen LogP contribution is -2.03. The fourth-order valence-corrected chi connectivity index (χ4v) is 2.63. The van der Waals surface area contributed by atoms with E-state index in [4.69, 9.17) is 0 Å². The summed E-state index contributed by atoms with van der Waals surface area (Å²) in [6, 6.07) is 16.0. The zero-order chi connectivity index (χ0) is 12.3. The van der Waals surface area contributed by atoms with Gasteiger partial charge in [0.1, 0.15) is 0 Å². The number of rotatable bonds is 3. The third-order valence-corrected chi connectivity index (χ3v) is 3.83. The highest BCUT2D eigenvalue weighted by Gasteiger charge is 2.32. The van der Waals surface area contributed by atoms with E-state index in [2.05, 4.69) is 0 Å². The highest BCUT2D eigenvalue weighted by molar-refractivity contribution is 7.71. The van der Waals surface area contributed by atoms with Crippen LogP contribution in [0.3, 0.4) is 0 Å². The summed E-state index contributed by atoms with van der Waals surface area (Å²) in [4.78, 5) is 12.0. The van der Waals surface area contributed by atoms with Crippen molar-refractivity contribution < 1.29 is 9.36 Å². The van der Waals surface area contributed by atoms with E-state index in [-0.39, 0.29) is 5.52 Å². The van der Waals surface area contributed by atoms with Crippen molar-refractivity contribution in [1.29, 1.82) is 0 Å². The van der Waals surface area contributed by atoms with Crippen molar-refractivity contribution in [2.24, 2.45) is 0 Å². The van der Waals surface area contributed by atoms with Gasteiger partial charge in [0.05, 0.1) is 5.56 Å². The maximum absolute atomic E-state index is 12.1. The molecule has 0 saturated heterocycles. The zero-order valence-corrected chi connectivity index (χ0v) is 10.4. The van der Waals surface area contributed by atoms with Gasteiger partial charge in [-0.05, 0) is 31.2 Å². The van der Waals surface area contributed by atoms with Gasteiger partial charge in [0.25, 0.3) is 0 Å². The van der Waals surface area contributed by atoms with Crippen LogP contribution in [0.1, 0.15) is 15.9 Å². The average Bonchev–Trinajstić information content (AvgIpc) is 2.38. The van der Waals surface area contributed by atoms with E-state index in [1.54, 1.807) is 42.5 Å². The molecule has 1 atom stereocenters. The van der Waals surface area contributed by atoms with Gasteiger partial charge in [-0.1, -0.05) is 40.5 Å². The summed E-state index contributed by atoms with van der Waals surface area (Å²) in [7, 11) is -2.01. The van der Waals surface area contributed by atoms with Gasteiger partial charge in [-0.3, -0.25) is 0 Å². The second-order valence-electron chi connectivity index (χ2n) is 3.80. The van der Waals surface area contributed by atoms with Crippen molar-refractivity contribution in [2.45, 2.75) is 6.92 Å². The summed E-state index contributed by atoms with van der Waals surface area (Å²) < 4.78 is 12.1. The maximum Gasteiger partial charge on any atom is 0.458 e. The first kappa shape index (κ1) is 11.7. The third kappa shape index (κ3) is 2.66. The van der Waals surface area contributed by atoms with Crippen LogP contribution in [0.4, 0.5) is 0 Å². The van der Waals surface area contributed by atoms with E-state index < -0.39 is 7.80 Å². The molecule has 0 N–H and O–H groups in total. The molecule has 2 aromatic carbocycles. The van der Waals surface area contributed by atoms with E-state index in [0.29, 0.717) is 10.9 Å². The van der Waals surface area contributed by atoms with Crippen LogP contribution in [0, 0.1) is 6.92 Å². The highest BCUT2D eigenvalue weighted by Crippen LogP contribution is 2.26. The Hall–Kier alpha value is -1.79. The standard InChI is InChI=1S/C14H12O2P/c1-11-6-5-7-12(10-11)14(15)17(16)13-8-3-2-4-9-13/h2-10H,1H3/q+1. The molecule has 0 bridgehead atoms. The van der Waals surface area contributed by atoms with Crippen molar-refractivity contribution in [3.8, 4) is 0 Å². The summed E-state index contributed by atoms with van der Waals surface area (Å²) in [6.45, 7) is 1.91. The van der Waals surface area contributed by atoms with Gasteiger partial charge < -0.3 is 0 Å². The van der Waals surface area contributed by atoms with Gasteiger partial charge in [-0.15, -0.1) is 0 Å². The molecule has 84 valence electrons. The Bertz CT molecular complexity index is 561. The Morgan fingerprint density at radius 1 is 1.00 bits per heavy atom. The van der Waals surface area contributed by atoms with Crippen molar-refractivity contribution in [3.63, 3.8) is 0 Å². The second-order valence-corrected chi connectivity index (χ2v) is 5.32. The van der Waals surface area contributed by atoms with Crippen LogP contribution in [0.2, 0.25) is 0 Å². The maximum atomic E-state index is 12.1. The Balaban J connectivity index is 2.30. The summed E-state index contributed by atoms with van der Waals surface area (Å²) in [5.74, 6) is 0. The quantitative estimate of drug-likeness (QED) is 0.775. The lowest BCUT2D eigenvalue weighted by atomic mass is 10.2. The predicted octanol–water partition coefficient (Wildman–Crippen LogP) is 3.29. The Morgan fingerprint density at radius 3 is 2.35 bits per heavy atom. The molecule has 0 aromatic heterocycles. The van der Waals surface area contributed by atoms with Crippen molar-refractivity contribution in [1.82, 2.24) is 0 Å². The normalized spacial score (nSPS) is 11.0. The van der Waals surface area contributed by atoms with Gasteiger partial charge in [0.15, 0.2) is 5.30 Å². The molecular formula is C14H12O2P+. The zero-order valence-electron chi connectivity index (χ0n) is 9.46. The molecule has 0 radical (unpaired) electrons. The van der Waals surface area contributed by atoms with E-state index >= 15 is 0 Å². The Labute approximate surface area is 101 Å². The number of aryl methyl sites for hydroxylation is 1. The number of hydrogen-bond acceptors (Lipinski definition) is 2. The van der Waals surface area contributed by atoms with Crippen molar-refractivity contribution in [3.05, 3.63) is 65.7 Å². The number of benzene rings is 2. The van der Waals surface area contributed by atoms with Gasteiger partial charge in [0, 0.05) is 0 Å². The molecule has 0 aliphatic carbocycles. The molecule has 1 unspecified atom stereocenters. The van der Waals surface area contributed by atoms with E-state index in [9.17, 15) is 9.36 Å². The van der Waals surface area contributed by atoms with Gasteiger partial charge in [0.2, 0.25) is 0 Å².